The highest BCUT2D eigenvalue weighted by Gasteiger charge is 2.01. The maximum Gasteiger partial charge on any atom is 0.0697 e. The molecule has 4 nitrogen and oxygen atoms in total. The fourth-order valence-electron chi connectivity index (χ4n) is 1.54. The van der Waals surface area contributed by atoms with Gasteiger partial charge in [0, 0.05) is 6.04 Å². The Bertz CT molecular complexity index is 420. The molecule has 2 aromatic rings. The SMILES string of the molecule is CC(N)Cc1cccc(-n2ccnn2)c1. The second-order valence-corrected chi connectivity index (χ2v) is 3.70. The van der Waals surface area contributed by atoms with E-state index in [9.17, 15) is 0 Å². The Balaban J connectivity index is 2.27. The molecule has 0 amide bonds. The van der Waals surface area contributed by atoms with Crippen LogP contribution in [0.5, 0.6) is 0 Å². The van der Waals surface area contributed by atoms with E-state index in [1.807, 2.05) is 25.3 Å². The Morgan fingerprint density at radius 1 is 1.47 bits per heavy atom. The monoisotopic (exact) mass is 202 g/mol. The van der Waals surface area contributed by atoms with Gasteiger partial charge in [0.2, 0.25) is 0 Å². The topological polar surface area (TPSA) is 56.7 Å². The van der Waals surface area contributed by atoms with Gasteiger partial charge in [-0.1, -0.05) is 17.3 Å². The summed E-state index contributed by atoms with van der Waals surface area (Å²) >= 11 is 0. The molecule has 15 heavy (non-hydrogen) atoms. The number of nitrogens with zero attached hydrogens (tertiary/aromatic N) is 3. The van der Waals surface area contributed by atoms with Crippen LogP contribution in [0.4, 0.5) is 0 Å². The first kappa shape index (κ1) is 9.86. The van der Waals surface area contributed by atoms with E-state index in [0.29, 0.717) is 0 Å². The van der Waals surface area contributed by atoms with Crippen LogP contribution in [0.15, 0.2) is 36.7 Å². The lowest BCUT2D eigenvalue weighted by molar-refractivity contribution is 0.735. The third-order valence-electron chi connectivity index (χ3n) is 2.16. The molecule has 2 rings (SSSR count). The van der Waals surface area contributed by atoms with Crippen LogP contribution in [0.3, 0.4) is 0 Å². The number of nitrogens with two attached hydrogens (primary N) is 1. The Hall–Kier alpha value is -1.68. The van der Waals surface area contributed by atoms with Crippen molar-refractivity contribution in [2.45, 2.75) is 19.4 Å². The minimum absolute atomic E-state index is 0.177. The average Bonchev–Trinajstić information content (AvgIpc) is 2.69. The van der Waals surface area contributed by atoms with E-state index in [4.69, 9.17) is 5.73 Å². The van der Waals surface area contributed by atoms with E-state index in [0.717, 1.165) is 12.1 Å². The molecule has 0 radical (unpaired) electrons. The minimum atomic E-state index is 0.177. The summed E-state index contributed by atoms with van der Waals surface area (Å²) in [6.07, 6.45) is 4.37. The molecule has 0 bridgehead atoms. The van der Waals surface area contributed by atoms with Gasteiger partial charge in [0.1, 0.15) is 0 Å². The van der Waals surface area contributed by atoms with Crippen molar-refractivity contribution >= 4 is 0 Å². The predicted octanol–water partition coefficient (Wildman–Crippen LogP) is 1.16. The second kappa shape index (κ2) is 4.23. The summed E-state index contributed by atoms with van der Waals surface area (Å²) in [6, 6.07) is 8.34. The zero-order valence-corrected chi connectivity index (χ0v) is 8.67. The maximum absolute atomic E-state index is 5.76. The van der Waals surface area contributed by atoms with Gasteiger partial charge in [-0.2, -0.15) is 0 Å². The average molecular weight is 202 g/mol. The van der Waals surface area contributed by atoms with Crippen molar-refractivity contribution in [3.63, 3.8) is 0 Å². The van der Waals surface area contributed by atoms with E-state index in [-0.39, 0.29) is 6.04 Å². The van der Waals surface area contributed by atoms with E-state index in [2.05, 4.69) is 22.4 Å². The summed E-state index contributed by atoms with van der Waals surface area (Å²) in [5, 5.41) is 7.72. The second-order valence-electron chi connectivity index (χ2n) is 3.70. The number of benzene rings is 1. The van der Waals surface area contributed by atoms with Crippen molar-refractivity contribution in [3.8, 4) is 5.69 Å². The van der Waals surface area contributed by atoms with Gasteiger partial charge in [-0.25, -0.2) is 4.68 Å². The van der Waals surface area contributed by atoms with Crippen molar-refractivity contribution in [1.29, 1.82) is 0 Å². The molecule has 0 aliphatic rings. The van der Waals surface area contributed by atoms with Crippen molar-refractivity contribution in [2.75, 3.05) is 0 Å². The summed E-state index contributed by atoms with van der Waals surface area (Å²) < 4.78 is 1.74. The molecule has 0 aliphatic carbocycles. The standard InChI is InChI=1S/C11H14N4/c1-9(12)7-10-3-2-4-11(8-10)15-6-5-13-14-15/h2-6,8-9H,7,12H2,1H3. The zero-order chi connectivity index (χ0) is 10.7. The summed E-state index contributed by atoms with van der Waals surface area (Å²) in [5.41, 5.74) is 8.00. The molecule has 2 N–H and O–H groups in total. The van der Waals surface area contributed by atoms with E-state index >= 15 is 0 Å². The molecule has 1 aromatic heterocycles. The molecule has 1 aromatic carbocycles. The highest BCUT2D eigenvalue weighted by atomic mass is 15.4. The minimum Gasteiger partial charge on any atom is -0.328 e. The number of aromatic nitrogens is 3. The van der Waals surface area contributed by atoms with Gasteiger partial charge in [-0.3, -0.25) is 0 Å². The van der Waals surface area contributed by atoms with Gasteiger partial charge in [0.15, 0.2) is 0 Å². The lowest BCUT2D eigenvalue weighted by Crippen LogP contribution is -2.17. The highest BCUT2D eigenvalue weighted by molar-refractivity contribution is 5.35. The quantitative estimate of drug-likeness (QED) is 0.812. The van der Waals surface area contributed by atoms with Crippen LogP contribution in [0.2, 0.25) is 0 Å². The Morgan fingerprint density at radius 2 is 2.33 bits per heavy atom. The molecular formula is C11H14N4. The number of rotatable bonds is 3. The van der Waals surface area contributed by atoms with Crippen LogP contribution >= 0.6 is 0 Å². The van der Waals surface area contributed by atoms with Gasteiger partial charge in [0.05, 0.1) is 18.1 Å². The van der Waals surface area contributed by atoms with Crippen LogP contribution in [0, 0.1) is 0 Å². The third kappa shape index (κ3) is 2.41. The largest absolute Gasteiger partial charge is 0.328 e. The lowest BCUT2D eigenvalue weighted by atomic mass is 10.1. The fourth-order valence-corrected chi connectivity index (χ4v) is 1.54. The highest BCUT2D eigenvalue weighted by Crippen LogP contribution is 2.10. The molecule has 1 heterocycles. The third-order valence-corrected chi connectivity index (χ3v) is 2.16. The summed E-state index contributed by atoms with van der Waals surface area (Å²) in [5.74, 6) is 0. The molecule has 0 spiro atoms. The van der Waals surface area contributed by atoms with Crippen LogP contribution in [-0.2, 0) is 6.42 Å². The van der Waals surface area contributed by atoms with Crippen LogP contribution in [0.1, 0.15) is 12.5 Å². The number of hydrogen-bond acceptors (Lipinski definition) is 3. The van der Waals surface area contributed by atoms with E-state index < -0.39 is 0 Å². The lowest BCUT2D eigenvalue weighted by Gasteiger charge is -2.07. The van der Waals surface area contributed by atoms with Crippen LogP contribution in [-0.4, -0.2) is 21.0 Å². The fraction of sp³-hybridized carbons (Fsp3) is 0.273. The maximum atomic E-state index is 5.76. The molecule has 0 saturated carbocycles. The summed E-state index contributed by atoms with van der Waals surface area (Å²) in [7, 11) is 0. The Labute approximate surface area is 88.7 Å². The van der Waals surface area contributed by atoms with Gasteiger partial charge in [-0.15, -0.1) is 5.10 Å². The molecule has 0 aliphatic heterocycles. The predicted molar refractivity (Wildman–Crippen MR) is 58.7 cm³/mol. The zero-order valence-electron chi connectivity index (χ0n) is 8.67. The van der Waals surface area contributed by atoms with E-state index in [1.165, 1.54) is 5.56 Å². The molecule has 1 atom stereocenters. The van der Waals surface area contributed by atoms with Crippen LogP contribution in [0.25, 0.3) is 5.69 Å². The van der Waals surface area contributed by atoms with Gasteiger partial charge in [0.25, 0.3) is 0 Å². The van der Waals surface area contributed by atoms with Crippen molar-refractivity contribution in [3.05, 3.63) is 42.2 Å². The van der Waals surface area contributed by atoms with E-state index in [1.54, 1.807) is 10.9 Å². The first-order valence-corrected chi connectivity index (χ1v) is 4.97. The van der Waals surface area contributed by atoms with Gasteiger partial charge in [-0.05, 0) is 31.0 Å². The van der Waals surface area contributed by atoms with Crippen molar-refractivity contribution in [2.24, 2.45) is 5.73 Å². The molecular weight excluding hydrogens is 188 g/mol. The normalized spacial score (nSPS) is 12.7. The first-order valence-electron chi connectivity index (χ1n) is 4.97. The van der Waals surface area contributed by atoms with Gasteiger partial charge >= 0.3 is 0 Å². The Morgan fingerprint density at radius 3 is 3.00 bits per heavy atom. The van der Waals surface area contributed by atoms with Gasteiger partial charge < -0.3 is 5.73 Å². The molecule has 0 saturated heterocycles. The summed E-state index contributed by atoms with van der Waals surface area (Å²) in [4.78, 5) is 0. The molecule has 4 heteroatoms. The number of hydrogen-bond donors (Lipinski definition) is 1. The molecule has 1 unspecified atom stereocenters. The molecule has 0 fully saturated rings. The van der Waals surface area contributed by atoms with Crippen molar-refractivity contribution in [1.82, 2.24) is 15.0 Å². The molecule has 78 valence electrons. The first-order chi connectivity index (χ1) is 7.25. The summed E-state index contributed by atoms with van der Waals surface area (Å²) in [6.45, 7) is 2.00. The smallest absolute Gasteiger partial charge is 0.0697 e. The Kier molecular flexibility index (Phi) is 2.78. The van der Waals surface area contributed by atoms with Crippen LogP contribution < -0.4 is 5.73 Å². The van der Waals surface area contributed by atoms with Crippen molar-refractivity contribution < 1.29 is 0 Å².